The van der Waals surface area contributed by atoms with Crippen LogP contribution in [0.2, 0.25) is 0 Å². The molecule has 1 amide bonds. The van der Waals surface area contributed by atoms with E-state index >= 15 is 0 Å². The summed E-state index contributed by atoms with van der Waals surface area (Å²) in [6.07, 6.45) is 2.44. The molecule has 448 valence electrons. The highest BCUT2D eigenvalue weighted by Gasteiger charge is 2.45. The number of hydrogen-bond donors (Lipinski definition) is 9. The fourth-order valence-electron chi connectivity index (χ4n) is 9.79. The number of aliphatic hydroxyl groups excluding tert-OH is 1. The van der Waals surface area contributed by atoms with Gasteiger partial charge in [-0.25, -0.2) is 23.1 Å². The van der Waals surface area contributed by atoms with Crippen molar-refractivity contribution in [3.63, 3.8) is 0 Å². The summed E-state index contributed by atoms with van der Waals surface area (Å²) in [7, 11) is -26.2. The van der Waals surface area contributed by atoms with Crippen LogP contribution in [0.25, 0.3) is 28.7 Å². The van der Waals surface area contributed by atoms with Gasteiger partial charge < -0.3 is 49.8 Å². The minimum atomic E-state index is -5.83. The van der Waals surface area contributed by atoms with Crippen LogP contribution in [0.15, 0.2) is 105 Å². The fourth-order valence-corrected chi connectivity index (χ4v) is 13.8. The van der Waals surface area contributed by atoms with Gasteiger partial charge in [0, 0.05) is 65.1 Å². The monoisotopic (exact) mass is 1250 g/mol. The van der Waals surface area contributed by atoms with Gasteiger partial charge in [-0.3, -0.25) is 23.0 Å². The number of phosphoric ester groups is 1. The van der Waals surface area contributed by atoms with Crippen LogP contribution < -0.4 is 31.6 Å². The number of rotatable bonds is 23. The van der Waals surface area contributed by atoms with Crippen molar-refractivity contribution >= 4 is 67.2 Å². The molecule has 1 fully saturated rings. The molecule has 27 nitrogen and oxygen atoms in total. The van der Waals surface area contributed by atoms with Gasteiger partial charge in [0.1, 0.15) is 42.8 Å². The van der Waals surface area contributed by atoms with Gasteiger partial charge >= 0.3 is 29.2 Å². The van der Waals surface area contributed by atoms with E-state index in [2.05, 4.69) is 53.7 Å². The van der Waals surface area contributed by atoms with Crippen LogP contribution in [0.5, 0.6) is 0 Å². The standard InChI is InChI=1S/C51H61N6O21P3S2/c1-5-55(6-2)36-20-22-39-38(33(3)48(76-43(39)28-36)34-14-8-7-9-15-34)17-10-18-45-51(4,40-29-37(83(71,72)73)21-23-41(40)56(45)26-13-27-82(68,69)70)24-11-19-46(59)53-25-12-16-35-31-57(50(60)54-49(35)52)47-30-42(58)44(75-47)32-74-80(64,65)78-81(66,67)77-79(61,62)63/h7-10,14-15,17-18,20-23,28-29,31,42,44,47,58H,5-6,11,13,19,24-27,30,32H2,1-4H3,(H8-,52,53,54,59,60,61,62,63,64,65,66,67,68,69,70,71,72,73)/p+1/t42-,44+,47+,51?/m0/s1. The molecule has 10 N–H and O–H groups in total. The number of hydrogen-bond acceptors (Lipinski definition) is 18. The van der Waals surface area contributed by atoms with E-state index in [1.807, 2.05) is 85.5 Å². The Morgan fingerprint density at radius 1 is 0.988 bits per heavy atom. The molecule has 4 heterocycles. The van der Waals surface area contributed by atoms with Gasteiger partial charge in [0.15, 0.2) is 0 Å². The second-order valence-corrected chi connectivity index (χ2v) is 26.8. The molecule has 4 aliphatic rings. The molecule has 1 saturated heterocycles. The SMILES string of the molecule is CC[N+](CC)=c1ccc2c(/C=C/C=C3\N(CCCS(=O)(=O)O)c4ccc(S(=O)(=O)O)cc4C3(C)CCCC(=O)NCC#Cc3cn([C@H]4C[C@H](O)[C@@H](COP(=O)(O)OP(=O)(O)OP(=O)(O)O)O4)c(=O)nc3N)c(C)c(-c3ccccc3)oc-2c1. The lowest BCUT2D eigenvalue weighted by atomic mass is 9.77. The molecule has 7 rings (SSSR count). The van der Waals surface area contributed by atoms with Gasteiger partial charge in [-0.05, 0) is 88.4 Å². The number of ether oxygens (including phenoxy) is 1. The van der Waals surface area contributed by atoms with Crippen LogP contribution in [0.3, 0.4) is 0 Å². The first kappa shape index (κ1) is 64.6. The Bertz CT molecular complexity index is 3890. The van der Waals surface area contributed by atoms with E-state index in [1.165, 1.54) is 18.2 Å². The topological polar surface area (TPSA) is 407 Å². The third-order valence-electron chi connectivity index (χ3n) is 13.7. The normalized spacial score (nSPS) is 20.3. The Balaban J connectivity index is 1.11. The Morgan fingerprint density at radius 3 is 2.36 bits per heavy atom. The van der Waals surface area contributed by atoms with Crippen LogP contribution >= 0.6 is 23.5 Å². The molecule has 0 bridgehead atoms. The van der Waals surface area contributed by atoms with Crippen molar-refractivity contribution in [2.45, 2.75) is 88.5 Å². The van der Waals surface area contributed by atoms with Crippen molar-refractivity contribution in [1.82, 2.24) is 19.4 Å². The van der Waals surface area contributed by atoms with Gasteiger partial charge in [-0.1, -0.05) is 54.3 Å². The Labute approximate surface area is 477 Å². The molecule has 3 aliphatic heterocycles. The molecule has 6 atom stereocenters. The van der Waals surface area contributed by atoms with E-state index in [-0.39, 0.29) is 56.6 Å². The predicted molar refractivity (Wildman–Crippen MR) is 302 cm³/mol. The number of phosphoric acid groups is 3. The summed E-state index contributed by atoms with van der Waals surface area (Å²) in [4.78, 5) is 68.2. The van der Waals surface area contributed by atoms with Gasteiger partial charge in [0.05, 0.1) is 41.5 Å². The van der Waals surface area contributed by atoms with Crippen LogP contribution in [0.4, 0.5) is 11.5 Å². The number of allylic oxidation sites excluding steroid dienone is 3. The molecular weight excluding hydrogens is 1190 g/mol. The third kappa shape index (κ3) is 16.5. The first-order valence-electron chi connectivity index (χ1n) is 25.5. The maximum absolute atomic E-state index is 13.4. The number of nitrogens with one attached hydrogen (secondary N) is 1. The lowest BCUT2D eigenvalue weighted by molar-refractivity contribution is -0.121. The van der Waals surface area contributed by atoms with Crippen molar-refractivity contribution < 1.29 is 91.4 Å². The molecule has 1 aliphatic carbocycles. The zero-order chi connectivity index (χ0) is 60.9. The van der Waals surface area contributed by atoms with Crippen LogP contribution in [-0.2, 0) is 62.0 Å². The first-order chi connectivity index (χ1) is 38.8. The molecule has 0 saturated carbocycles. The van der Waals surface area contributed by atoms with E-state index in [9.17, 15) is 64.1 Å². The minimum Gasteiger partial charge on any atom is -0.456 e. The van der Waals surface area contributed by atoms with Gasteiger partial charge in [0.25, 0.3) is 20.2 Å². The number of anilines is 2. The summed E-state index contributed by atoms with van der Waals surface area (Å²) in [5.41, 5.74) is 8.83. The third-order valence-corrected chi connectivity index (χ3v) is 19.1. The molecule has 32 heteroatoms. The average Bonchev–Trinajstić information content (AvgIpc) is 3.82. The van der Waals surface area contributed by atoms with Crippen LogP contribution in [0.1, 0.15) is 81.4 Å². The van der Waals surface area contributed by atoms with E-state index in [0.29, 0.717) is 28.5 Å². The molecular formula is C51H62N6O21P3S2+. The highest BCUT2D eigenvalue weighted by Crippen LogP contribution is 2.66. The van der Waals surface area contributed by atoms with Crippen molar-refractivity contribution in [1.29, 1.82) is 0 Å². The average molecular weight is 1250 g/mol. The molecule has 0 spiro atoms. The molecule has 3 aromatic rings. The smallest absolute Gasteiger partial charge is 0.456 e. The number of fused-ring (bicyclic) bond motifs is 2. The number of benzene rings is 3. The largest absolute Gasteiger partial charge is 0.490 e. The van der Waals surface area contributed by atoms with Crippen LogP contribution in [0, 0.1) is 18.8 Å². The number of aromatic nitrogens is 2. The highest BCUT2D eigenvalue weighted by atomic mass is 32.2. The summed E-state index contributed by atoms with van der Waals surface area (Å²) >= 11 is 0. The van der Waals surface area contributed by atoms with E-state index in [4.69, 9.17) is 24.7 Å². The van der Waals surface area contributed by atoms with Gasteiger partial charge in [-0.15, -0.1) is 0 Å². The summed E-state index contributed by atoms with van der Waals surface area (Å²) in [5, 5.41) is 14.2. The van der Waals surface area contributed by atoms with Crippen molar-refractivity contribution in [2.75, 3.05) is 49.2 Å². The number of nitrogens with zero attached hydrogens (tertiary/aromatic N) is 4. The highest BCUT2D eigenvalue weighted by molar-refractivity contribution is 7.86. The molecule has 0 radical (unpaired) electrons. The zero-order valence-corrected chi connectivity index (χ0v) is 49.4. The molecule has 2 aromatic carbocycles. The lowest BCUT2D eigenvalue weighted by Gasteiger charge is -2.30. The number of amides is 1. The quantitative estimate of drug-likeness (QED) is 0.0183. The van der Waals surface area contributed by atoms with E-state index in [1.54, 1.807) is 0 Å². The summed E-state index contributed by atoms with van der Waals surface area (Å²) in [6, 6.07) is 19.8. The number of aliphatic hydroxyl groups is 1. The molecule has 1 aromatic heterocycles. The number of nitrogens with two attached hydrogens (primary N) is 1. The van der Waals surface area contributed by atoms with Crippen molar-refractivity contribution in [3.05, 3.63) is 129 Å². The first-order valence-corrected chi connectivity index (χ1v) is 33.1. The Kier molecular flexibility index (Phi) is 20.3. The summed E-state index contributed by atoms with van der Waals surface area (Å²) in [6.45, 7) is 8.29. The molecule has 3 unspecified atom stereocenters. The summed E-state index contributed by atoms with van der Waals surface area (Å²) in [5.74, 6) is 5.36. The second-order valence-electron chi connectivity index (χ2n) is 19.4. The Morgan fingerprint density at radius 2 is 1.70 bits per heavy atom. The maximum Gasteiger partial charge on any atom is 0.490 e. The van der Waals surface area contributed by atoms with Gasteiger partial charge in [0.2, 0.25) is 11.3 Å². The zero-order valence-electron chi connectivity index (χ0n) is 45.0. The lowest BCUT2D eigenvalue weighted by Crippen LogP contribution is -2.31. The van der Waals surface area contributed by atoms with Crippen molar-refractivity contribution in [2.24, 2.45) is 0 Å². The Hall–Kier alpha value is -5.99. The fraction of sp³-hybridized carbons (Fsp3) is 0.373. The van der Waals surface area contributed by atoms with E-state index < -0.39 is 96.4 Å². The maximum atomic E-state index is 13.4. The molecule has 83 heavy (non-hydrogen) atoms. The minimum absolute atomic E-state index is 0.0214. The predicted octanol–water partition coefficient (Wildman–Crippen LogP) is 4.84. The van der Waals surface area contributed by atoms with Crippen LogP contribution in [-0.4, -0.2) is 117 Å². The summed E-state index contributed by atoms with van der Waals surface area (Å²) < 4.78 is 131. The van der Waals surface area contributed by atoms with E-state index in [0.717, 1.165) is 51.5 Å². The second kappa shape index (κ2) is 26.1. The van der Waals surface area contributed by atoms with Crippen molar-refractivity contribution in [3.8, 4) is 34.5 Å². The number of carbonyl (C=O) groups is 1. The number of nitrogen functional groups attached to an aromatic ring is 1. The number of carbonyl (C=O) groups excluding carboxylic acids is 1. The van der Waals surface area contributed by atoms with Gasteiger partial charge in [-0.2, -0.15) is 30.4 Å².